The fourth-order valence-electron chi connectivity index (χ4n) is 6.73. The van der Waals surface area contributed by atoms with E-state index in [0.717, 1.165) is 44.1 Å². The van der Waals surface area contributed by atoms with E-state index in [1.165, 1.54) is 51.1 Å². The van der Waals surface area contributed by atoms with Crippen molar-refractivity contribution in [2.75, 3.05) is 18.0 Å². The first-order valence-electron chi connectivity index (χ1n) is 11.9. The van der Waals surface area contributed by atoms with Gasteiger partial charge >= 0.3 is 5.97 Å². The Labute approximate surface area is 178 Å². The van der Waals surface area contributed by atoms with E-state index in [2.05, 4.69) is 14.8 Å². The summed E-state index contributed by atoms with van der Waals surface area (Å²) < 4.78 is 0. The lowest BCUT2D eigenvalue weighted by Crippen LogP contribution is -2.65. The van der Waals surface area contributed by atoms with E-state index < -0.39 is 5.97 Å². The van der Waals surface area contributed by atoms with Crippen molar-refractivity contribution in [2.24, 2.45) is 17.8 Å². The monoisotopic (exact) mass is 411 g/mol. The van der Waals surface area contributed by atoms with Gasteiger partial charge in [-0.1, -0.05) is 32.1 Å². The normalized spacial score (nSPS) is 32.1. The highest BCUT2D eigenvalue weighted by Gasteiger charge is 2.49. The molecular formula is C24H33N3O3. The number of piperidine rings is 3. The van der Waals surface area contributed by atoms with Crippen molar-refractivity contribution in [3.8, 4) is 0 Å². The first-order chi connectivity index (χ1) is 14.6. The van der Waals surface area contributed by atoms with E-state index in [1.807, 2.05) is 6.07 Å². The van der Waals surface area contributed by atoms with Gasteiger partial charge in [0.15, 0.2) is 0 Å². The van der Waals surface area contributed by atoms with E-state index >= 15 is 0 Å². The molecule has 4 aliphatic rings. The topological polar surface area (TPSA) is 73.7 Å². The van der Waals surface area contributed by atoms with Crippen LogP contribution in [0.5, 0.6) is 0 Å². The number of carbonyl (C=O) groups is 2. The van der Waals surface area contributed by atoms with Gasteiger partial charge in [-0.2, -0.15) is 0 Å². The SMILES string of the molecule is O=C(O)c1ccc(N2C[C@H]3C[C@@H](C2)[C@H](CC2CCCCC2)N2C(=O)CCC[C@@H]32)nc1. The number of nitrogens with zero attached hydrogens (tertiary/aromatic N) is 3. The quantitative estimate of drug-likeness (QED) is 0.812. The minimum Gasteiger partial charge on any atom is -0.478 e. The number of anilines is 1. The predicted molar refractivity (Wildman–Crippen MR) is 114 cm³/mol. The highest BCUT2D eigenvalue weighted by atomic mass is 16.4. The maximum atomic E-state index is 13.0. The molecule has 1 aromatic heterocycles. The number of carboxylic acid groups (broad SMARTS) is 1. The van der Waals surface area contributed by atoms with Gasteiger partial charge in [-0.3, -0.25) is 4.79 Å². The number of hydrogen-bond donors (Lipinski definition) is 1. The van der Waals surface area contributed by atoms with Gasteiger partial charge in [0.25, 0.3) is 0 Å². The molecule has 6 nitrogen and oxygen atoms in total. The molecular weight excluding hydrogens is 378 g/mol. The van der Waals surface area contributed by atoms with Crippen LogP contribution in [0.1, 0.15) is 74.6 Å². The summed E-state index contributed by atoms with van der Waals surface area (Å²) in [6, 6.07) is 4.25. The predicted octanol–water partition coefficient (Wildman–Crippen LogP) is 3.96. The standard InChI is InChI=1S/C24H33N3O3/c28-23-8-4-7-20-18-12-19(21(27(20)23)11-16-5-2-1-3-6-16)15-26(14-18)22-10-9-17(13-25-22)24(29)30/h9-10,13,16,18-21H,1-8,11-12,14-15H2,(H,29,30)/t18-,19+,20+,21+/m1/s1. The van der Waals surface area contributed by atoms with Crippen LogP contribution in [0.4, 0.5) is 5.82 Å². The molecule has 2 bridgehead atoms. The molecule has 5 rings (SSSR count). The zero-order chi connectivity index (χ0) is 20.7. The Bertz CT molecular complexity index is 789. The summed E-state index contributed by atoms with van der Waals surface area (Å²) in [5, 5.41) is 9.17. The molecule has 0 unspecified atom stereocenters. The fourth-order valence-corrected chi connectivity index (χ4v) is 6.73. The fraction of sp³-hybridized carbons (Fsp3) is 0.708. The van der Waals surface area contributed by atoms with Crippen LogP contribution < -0.4 is 4.90 Å². The third kappa shape index (κ3) is 3.69. The van der Waals surface area contributed by atoms with Crippen LogP contribution >= 0.6 is 0 Å². The average Bonchev–Trinajstić information content (AvgIpc) is 2.77. The Morgan fingerprint density at radius 3 is 2.60 bits per heavy atom. The van der Waals surface area contributed by atoms with E-state index in [1.54, 1.807) is 6.07 Å². The van der Waals surface area contributed by atoms with Crippen LogP contribution in [0, 0.1) is 17.8 Å². The number of rotatable bonds is 4. The number of aromatic nitrogens is 1. The van der Waals surface area contributed by atoms with Crippen LogP contribution in [0.2, 0.25) is 0 Å². The van der Waals surface area contributed by atoms with Crippen LogP contribution in [0.25, 0.3) is 0 Å². The Balaban J connectivity index is 1.39. The van der Waals surface area contributed by atoms with E-state index in [9.17, 15) is 14.7 Å². The minimum atomic E-state index is -0.937. The van der Waals surface area contributed by atoms with Crippen LogP contribution in [0.15, 0.2) is 18.3 Å². The minimum absolute atomic E-state index is 0.232. The molecule has 1 amide bonds. The number of pyridine rings is 1. The molecule has 1 aromatic rings. The molecule has 1 N–H and O–H groups in total. The van der Waals surface area contributed by atoms with E-state index in [4.69, 9.17) is 0 Å². The van der Waals surface area contributed by atoms with Crippen molar-refractivity contribution in [3.05, 3.63) is 23.9 Å². The first kappa shape index (κ1) is 19.8. The zero-order valence-electron chi connectivity index (χ0n) is 17.7. The van der Waals surface area contributed by atoms with Crippen LogP contribution in [-0.2, 0) is 4.79 Å². The summed E-state index contributed by atoms with van der Waals surface area (Å²) in [5.41, 5.74) is 0.232. The molecule has 4 atom stereocenters. The Hall–Kier alpha value is -2.11. The molecule has 3 aliphatic heterocycles. The number of carbonyl (C=O) groups excluding carboxylic acids is 1. The second-order valence-electron chi connectivity index (χ2n) is 9.94. The summed E-state index contributed by atoms with van der Waals surface area (Å²) in [5.74, 6) is 2.08. The largest absolute Gasteiger partial charge is 0.478 e. The van der Waals surface area contributed by atoms with Crippen molar-refractivity contribution in [3.63, 3.8) is 0 Å². The Morgan fingerprint density at radius 1 is 1.07 bits per heavy atom. The Kier molecular flexibility index (Phi) is 5.42. The van der Waals surface area contributed by atoms with Crippen molar-refractivity contribution in [2.45, 2.75) is 76.3 Å². The lowest BCUT2D eigenvalue weighted by molar-refractivity contribution is -0.149. The smallest absolute Gasteiger partial charge is 0.337 e. The Morgan fingerprint density at radius 2 is 1.87 bits per heavy atom. The van der Waals surface area contributed by atoms with Gasteiger partial charge in [0.2, 0.25) is 5.91 Å². The number of hydrogen-bond acceptors (Lipinski definition) is 4. The maximum Gasteiger partial charge on any atom is 0.337 e. The van der Waals surface area contributed by atoms with Crippen LogP contribution in [0.3, 0.4) is 0 Å². The van der Waals surface area contributed by atoms with Gasteiger partial charge in [0, 0.05) is 37.8 Å². The highest BCUT2D eigenvalue weighted by molar-refractivity contribution is 5.87. The molecule has 3 saturated heterocycles. The zero-order valence-corrected chi connectivity index (χ0v) is 17.7. The lowest BCUT2D eigenvalue weighted by atomic mass is 9.69. The molecule has 4 heterocycles. The maximum absolute atomic E-state index is 13.0. The molecule has 1 saturated carbocycles. The summed E-state index contributed by atoms with van der Waals surface area (Å²) in [6.07, 6.45) is 13.4. The molecule has 30 heavy (non-hydrogen) atoms. The number of fused-ring (bicyclic) bond motifs is 4. The second kappa shape index (κ2) is 8.20. The summed E-state index contributed by atoms with van der Waals surface area (Å²) in [7, 11) is 0. The van der Waals surface area contributed by atoms with E-state index in [0.29, 0.717) is 29.8 Å². The number of aromatic carboxylic acids is 1. The molecule has 162 valence electrons. The molecule has 6 heteroatoms. The van der Waals surface area contributed by atoms with Gasteiger partial charge in [-0.05, 0) is 55.6 Å². The third-order valence-corrected chi connectivity index (χ3v) is 8.12. The molecule has 0 spiro atoms. The summed E-state index contributed by atoms with van der Waals surface area (Å²) in [4.78, 5) is 33.4. The van der Waals surface area contributed by atoms with Crippen molar-refractivity contribution in [1.29, 1.82) is 0 Å². The second-order valence-corrected chi connectivity index (χ2v) is 9.94. The van der Waals surface area contributed by atoms with Crippen molar-refractivity contribution in [1.82, 2.24) is 9.88 Å². The third-order valence-electron chi connectivity index (χ3n) is 8.12. The number of carboxylic acids is 1. The van der Waals surface area contributed by atoms with Crippen molar-refractivity contribution < 1.29 is 14.7 Å². The summed E-state index contributed by atoms with van der Waals surface area (Å²) >= 11 is 0. The molecule has 0 aromatic carbocycles. The summed E-state index contributed by atoms with van der Waals surface area (Å²) in [6.45, 7) is 1.84. The van der Waals surface area contributed by atoms with Crippen LogP contribution in [-0.4, -0.2) is 52.0 Å². The van der Waals surface area contributed by atoms with Crippen molar-refractivity contribution >= 4 is 17.7 Å². The molecule has 4 fully saturated rings. The first-order valence-corrected chi connectivity index (χ1v) is 11.9. The number of amides is 1. The van der Waals surface area contributed by atoms with Gasteiger partial charge in [-0.15, -0.1) is 0 Å². The molecule has 1 aliphatic carbocycles. The van der Waals surface area contributed by atoms with Gasteiger partial charge in [0.1, 0.15) is 5.82 Å². The molecule has 0 radical (unpaired) electrons. The lowest BCUT2D eigenvalue weighted by Gasteiger charge is -2.57. The van der Waals surface area contributed by atoms with Gasteiger partial charge in [0.05, 0.1) is 5.56 Å². The highest BCUT2D eigenvalue weighted by Crippen LogP contribution is 2.45. The van der Waals surface area contributed by atoms with Gasteiger partial charge in [-0.25, -0.2) is 9.78 Å². The van der Waals surface area contributed by atoms with Gasteiger partial charge < -0.3 is 14.9 Å². The van der Waals surface area contributed by atoms with E-state index in [-0.39, 0.29) is 5.56 Å². The average molecular weight is 412 g/mol.